The van der Waals surface area contributed by atoms with E-state index in [0.717, 1.165) is 108 Å². The molecule has 0 amide bonds. The summed E-state index contributed by atoms with van der Waals surface area (Å²) in [5.74, 6) is 0.372. The van der Waals surface area contributed by atoms with Gasteiger partial charge in [-0.3, -0.25) is 37.3 Å². The first-order valence-corrected chi connectivity index (χ1v) is 49.4. The highest BCUT2D eigenvalue weighted by Crippen LogP contribution is 2.45. The van der Waals surface area contributed by atoms with E-state index in [4.69, 9.17) is 37.0 Å². The molecule has 0 saturated carbocycles. The first kappa shape index (κ1) is 107. The molecule has 0 aliphatic heterocycles. The van der Waals surface area contributed by atoms with Crippen molar-refractivity contribution in [2.45, 2.75) is 497 Å². The summed E-state index contributed by atoms with van der Waals surface area (Å²) in [6.45, 7) is 12.1. The van der Waals surface area contributed by atoms with Gasteiger partial charge < -0.3 is 33.8 Å². The van der Waals surface area contributed by atoms with Gasteiger partial charge in [-0.15, -0.1) is 0 Å². The summed E-state index contributed by atoms with van der Waals surface area (Å²) in [7, 11) is -9.93. The lowest BCUT2D eigenvalue weighted by molar-refractivity contribution is -0.161. The highest BCUT2D eigenvalue weighted by atomic mass is 31.2. The number of hydrogen-bond acceptors (Lipinski definition) is 15. The van der Waals surface area contributed by atoms with E-state index in [1.165, 1.54) is 289 Å². The topological polar surface area (TPSA) is 237 Å². The maximum absolute atomic E-state index is 13.2. The number of phosphoric ester groups is 2. The van der Waals surface area contributed by atoms with Gasteiger partial charge in [0.2, 0.25) is 0 Å². The van der Waals surface area contributed by atoms with Crippen molar-refractivity contribution in [3.8, 4) is 0 Å². The van der Waals surface area contributed by atoms with Crippen LogP contribution >= 0.6 is 15.6 Å². The van der Waals surface area contributed by atoms with Crippen molar-refractivity contribution in [1.82, 2.24) is 0 Å². The van der Waals surface area contributed by atoms with Gasteiger partial charge in [-0.2, -0.15) is 0 Å². The Morgan fingerprint density at radius 2 is 0.468 bits per heavy atom. The van der Waals surface area contributed by atoms with Crippen LogP contribution in [0.15, 0.2) is 0 Å². The number of unbranched alkanes of at least 4 members (excludes halogenated alkanes) is 55. The number of carbonyl (C=O) groups excluding carboxylic acids is 4. The van der Waals surface area contributed by atoms with Crippen molar-refractivity contribution in [2.75, 3.05) is 39.6 Å². The first-order chi connectivity index (χ1) is 52.8. The summed E-state index contributed by atoms with van der Waals surface area (Å²) in [6, 6.07) is 0. The maximum atomic E-state index is 13.2. The first-order valence-electron chi connectivity index (χ1n) is 46.4. The van der Waals surface area contributed by atoms with Crippen LogP contribution in [-0.4, -0.2) is 96.7 Å². The monoisotopic (exact) mass is 1590 g/mol. The Hall–Kier alpha value is -1.94. The average Bonchev–Trinajstić information content (AvgIpc) is 0.896. The summed E-state index contributed by atoms with van der Waals surface area (Å²) in [5, 5.41) is 10.7. The highest BCUT2D eigenvalue weighted by Gasteiger charge is 2.31. The summed E-state index contributed by atoms with van der Waals surface area (Å²) in [5.41, 5.74) is 0. The summed E-state index contributed by atoms with van der Waals surface area (Å²) in [4.78, 5) is 73.4. The third kappa shape index (κ3) is 82.4. The molecule has 0 fully saturated rings. The lowest BCUT2D eigenvalue weighted by Gasteiger charge is -2.21. The lowest BCUT2D eigenvalue weighted by atomic mass is 9.99. The zero-order valence-corrected chi connectivity index (χ0v) is 73.8. The number of hydrogen-bond donors (Lipinski definition) is 3. The average molecular weight is 1590 g/mol. The zero-order valence-electron chi connectivity index (χ0n) is 72.0. The van der Waals surface area contributed by atoms with Crippen LogP contribution in [0.4, 0.5) is 0 Å². The Bertz CT molecular complexity index is 2100. The van der Waals surface area contributed by atoms with Gasteiger partial charge >= 0.3 is 39.5 Å². The predicted octanol–water partition coefficient (Wildman–Crippen LogP) is 27.6. The molecule has 0 aliphatic carbocycles. The fraction of sp³-hybridized carbons (Fsp3) is 0.956. The molecule has 19 heteroatoms. The Balaban J connectivity index is 5.25. The number of carbonyl (C=O) groups is 4. The molecule has 109 heavy (non-hydrogen) atoms. The van der Waals surface area contributed by atoms with E-state index in [9.17, 15) is 43.2 Å². The van der Waals surface area contributed by atoms with E-state index in [1.54, 1.807) is 0 Å². The van der Waals surface area contributed by atoms with Crippen LogP contribution in [0.3, 0.4) is 0 Å². The second kappa shape index (κ2) is 79.9. The molecule has 3 unspecified atom stereocenters. The summed E-state index contributed by atoms with van der Waals surface area (Å²) >= 11 is 0. The summed E-state index contributed by atoms with van der Waals surface area (Å²) in [6.07, 6.45) is 72.1. The SMILES string of the molecule is CCCCCCCCCCCCCCC(=O)OC[C@H](COP(=O)(O)OC[C@H](O)COP(=O)(O)OC[C@@H](COC(=O)CCCCCCCCCCCCCCCCCCC(C)C)OC(=O)CCCCCCCCCCCCCCCCCCCCC(C)CC)OC(=O)CCCCCCCCCCCCCCCC(C)C. The number of phosphoric acid groups is 2. The molecule has 0 saturated heterocycles. The molecule has 0 aliphatic rings. The quantitative estimate of drug-likeness (QED) is 0.0222. The molecule has 0 aromatic carbocycles. The molecule has 0 heterocycles. The Labute approximate surface area is 670 Å². The molecule has 0 aromatic heterocycles. The minimum absolute atomic E-state index is 0.108. The standard InChI is InChI=1S/C90H176O17P2/c1-8-10-11-12-13-14-15-36-43-50-57-64-71-87(92)100-77-85(107-90(95)74-67-60-53-46-39-32-26-28-34-41-48-55-62-69-82(5)6)79-104-108(96,97)102-75-84(91)76-103-109(98,99)105-80-86(78-101-88(93)72-65-58-51-44-37-30-24-21-20-22-27-33-40-47-54-61-68-81(3)4)106-89(94)73-66-59-52-45-38-31-25-19-17-16-18-23-29-35-42-49-56-63-70-83(7)9-2/h81-86,91H,8-80H2,1-7H3,(H,96,97)(H,98,99)/t83?,84-,85+,86+/m0/s1. The highest BCUT2D eigenvalue weighted by molar-refractivity contribution is 7.47. The van der Waals surface area contributed by atoms with Gasteiger partial charge in [0.15, 0.2) is 12.2 Å². The van der Waals surface area contributed by atoms with Gasteiger partial charge in [0.1, 0.15) is 19.3 Å². The smallest absolute Gasteiger partial charge is 0.462 e. The third-order valence-corrected chi connectivity index (χ3v) is 23.4. The van der Waals surface area contributed by atoms with Crippen molar-refractivity contribution in [3.05, 3.63) is 0 Å². The van der Waals surface area contributed by atoms with Crippen LogP contribution in [-0.2, 0) is 65.4 Å². The van der Waals surface area contributed by atoms with Crippen molar-refractivity contribution >= 4 is 39.5 Å². The number of esters is 4. The van der Waals surface area contributed by atoms with Gasteiger partial charge in [-0.25, -0.2) is 9.13 Å². The Morgan fingerprint density at radius 1 is 0.266 bits per heavy atom. The third-order valence-electron chi connectivity index (χ3n) is 21.5. The molecule has 648 valence electrons. The molecule has 17 nitrogen and oxygen atoms in total. The van der Waals surface area contributed by atoms with Crippen LogP contribution in [0.5, 0.6) is 0 Å². The fourth-order valence-electron chi connectivity index (χ4n) is 14.0. The molecular formula is C90H176O17P2. The lowest BCUT2D eigenvalue weighted by Crippen LogP contribution is -2.30. The second-order valence-corrected chi connectivity index (χ2v) is 36.4. The van der Waals surface area contributed by atoms with Crippen molar-refractivity contribution < 1.29 is 80.2 Å². The molecule has 3 N–H and O–H groups in total. The van der Waals surface area contributed by atoms with Gasteiger partial charge in [-0.05, 0) is 43.4 Å². The molecule has 0 radical (unpaired) electrons. The van der Waals surface area contributed by atoms with Crippen molar-refractivity contribution in [3.63, 3.8) is 0 Å². The minimum Gasteiger partial charge on any atom is -0.462 e. The molecular weight excluding hydrogens is 1410 g/mol. The van der Waals surface area contributed by atoms with E-state index in [0.29, 0.717) is 25.7 Å². The minimum atomic E-state index is -4.97. The summed E-state index contributed by atoms with van der Waals surface area (Å²) < 4.78 is 69.0. The van der Waals surface area contributed by atoms with Crippen LogP contribution in [0.2, 0.25) is 0 Å². The van der Waals surface area contributed by atoms with Crippen molar-refractivity contribution in [1.29, 1.82) is 0 Å². The fourth-order valence-corrected chi connectivity index (χ4v) is 15.6. The Morgan fingerprint density at radius 3 is 0.697 bits per heavy atom. The number of ether oxygens (including phenoxy) is 4. The van der Waals surface area contributed by atoms with E-state index >= 15 is 0 Å². The van der Waals surface area contributed by atoms with Crippen LogP contribution in [0.1, 0.15) is 479 Å². The maximum Gasteiger partial charge on any atom is 0.472 e. The number of aliphatic hydroxyl groups excluding tert-OH is 1. The number of rotatable bonds is 88. The zero-order chi connectivity index (χ0) is 80.0. The molecule has 0 rings (SSSR count). The second-order valence-electron chi connectivity index (χ2n) is 33.5. The Kier molecular flexibility index (Phi) is 78.5. The predicted molar refractivity (Wildman–Crippen MR) is 451 cm³/mol. The van der Waals surface area contributed by atoms with Gasteiger partial charge in [-0.1, -0.05) is 427 Å². The molecule has 0 aromatic rings. The van der Waals surface area contributed by atoms with E-state index in [1.807, 2.05) is 0 Å². The van der Waals surface area contributed by atoms with E-state index < -0.39 is 97.5 Å². The molecule has 6 atom stereocenters. The van der Waals surface area contributed by atoms with E-state index in [2.05, 4.69) is 48.5 Å². The van der Waals surface area contributed by atoms with Crippen LogP contribution in [0.25, 0.3) is 0 Å². The van der Waals surface area contributed by atoms with Gasteiger partial charge in [0, 0.05) is 25.7 Å². The largest absolute Gasteiger partial charge is 0.472 e. The van der Waals surface area contributed by atoms with E-state index in [-0.39, 0.29) is 25.7 Å². The molecule has 0 bridgehead atoms. The van der Waals surface area contributed by atoms with Crippen LogP contribution < -0.4 is 0 Å². The normalized spacial score (nSPS) is 14.1. The van der Waals surface area contributed by atoms with Gasteiger partial charge in [0.05, 0.1) is 26.4 Å². The van der Waals surface area contributed by atoms with Crippen LogP contribution in [0, 0.1) is 17.8 Å². The van der Waals surface area contributed by atoms with Crippen molar-refractivity contribution in [2.24, 2.45) is 17.8 Å². The van der Waals surface area contributed by atoms with Gasteiger partial charge in [0.25, 0.3) is 0 Å². The molecule has 0 spiro atoms. The number of aliphatic hydroxyl groups is 1.